The molecule has 2 unspecified atom stereocenters. The number of carbonyl (C=O) groups is 2. The molecule has 2 N–H and O–H groups in total. The third-order valence-corrected chi connectivity index (χ3v) is 2.42. The first kappa shape index (κ1) is 15.9. The number of hydrogen-bond donors (Lipinski definition) is 2. The zero-order valence-electron chi connectivity index (χ0n) is 10.9. The van der Waals surface area contributed by atoms with Crippen LogP contribution in [0.5, 0.6) is 0 Å². The van der Waals surface area contributed by atoms with E-state index in [-0.39, 0.29) is 18.5 Å². The van der Waals surface area contributed by atoms with Gasteiger partial charge < -0.3 is 15.2 Å². The van der Waals surface area contributed by atoms with Crippen LogP contribution in [-0.2, 0) is 14.3 Å². The van der Waals surface area contributed by atoms with E-state index in [0.29, 0.717) is 13.0 Å². The molecule has 6 nitrogen and oxygen atoms in total. The van der Waals surface area contributed by atoms with Gasteiger partial charge in [0.05, 0.1) is 13.2 Å². The molecule has 17 heavy (non-hydrogen) atoms. The number of nitrogens with one attached hydrogen (secondary N) is 1. The summed E-state index contributed by atoms with van der Waals surface area (Å²) >= 11 is 0. The number of aliphatic carboxylic acids is 1. The van der Waals surface area contributed by atoms with E-state index in [1.54, 1.807) is 21.1 Å². The maximum atomic E-state index is 11.6. The maximum Gasteiger partial charge on any atom is 0.320 e. The lowest BCUT2D eigenvalue weighted by atomic mass is 10.2. The van der Waals surface area contributed by atoms with Gasteiger partial charge in [-0.3, -0.25) is 14.5 Å². The molecule has 1 amide bonds. The van der Waals surface area contributed by atoms with Crippen molar-refractivity contribution in [2.45, 2.75) is 32.4 Å². The third kappa shape index (κ3) is 6.23. The number of amides is 1. The molecule has 0 aliphatic carbocycles. The van der Waals surface area contributed by atoms with Gasteiger partial charge in [-0.1, -0.05) is 6.92 Å². The van der Waals surface area contributed by atoms with Crippen molar-refractivity contribution in [3.8, 4) is 0 Å². The Hall–Kier alpha value is -1.14. The van der Waals surface area contributed by atoms with E-state index in [4.69, 9.17) is 9.84 Å². The lowest BCUT2D eigenvalue weighted by Crippen LogP contribution is -2.46. The van der Waals surface area contributed by atoms with Crippen molar-refractivity contribution in [1.29, 1.82) is 0 Å². The number of rotatable bonds is 8. The molecule has 6 heteroatoms. The molecule has 0 rings (SSSR count). The molecule has 0 aromatic rings. The van der Waals surface area contributed by atoms with Crippen LogP contribution in [0.25, 0.3) is 0 Å². The van der Waals surface area contributed by atoms with E-state index < -0.39 is 12.0 Å². The minimum atomic E-state index is -0.910. The van der Waals surface area contributed by atoms with Gasteiger partial charge in [0.15, 0.2) is 0 Å². The maximum absolute atomic E-state index is 11.6. The molecule has 0 saturated heterocycles. The number of ether oxygens (including phenoxy) is 1. The molecule has 0 aliphatic rings. The minimum absolute atomic E-state index is 0.0683. The molecule has 0 saturated carbocycles. The second-order valence-corrected chi connectivity index (χ2v) is 4.10. The molecule has 0 aromatic heterocycles. The van der Waals surface area contributed by atoms with E-state index in [1.165, 1.54) is 4.90 Å². The fraction of sp³-hybridized carbons (Fsp3) is 0.818. The van der Waals surface area contributed by atoms with E-state index in [1.807, 2.05) is 6.92 Å². The lowest BCUT2D eigenvalue weighted by molar-refractivity contribution is -0.143. The number of carbonyl (C=O) groups excluding carboxylic acids is 1. The Morgan fingerprint density at radius 3 is 2.47 bits per heavy atom. The van der Waals surface area contributed by atoms with Crippen molar-refractivity contribution < 1.29 is 19.4 Å². The SMILES string of the molecule is CCC(C(=O)O)N(C)CC(=O)NC(C)COC. The Balaban J connectivity index is 4.14. The van der Waals surface area contributed by atoms with Gasteiger partial charge in [-0.05, 0) is 20.4 Å². The topological polar surface area (TPSA) is 78.9 Å². The molecule has 0 heterocycles. The van der Waals surface area contributed by atoms with E-state index >= 15 is 0 Å². The number of carboxylic acid groups (broad SMARTS) is 1. The fourth-order valence-corrected chi connectivity index (χ4v) is 1.62. The summed E-state index contributed by atoms with van der Waals surface area (Å²) in [5.74, 6) is -1.11. The summed E-state index contributed by atoms with van der Waals surface area (Å²) in [5.41, 5.74) is 0. The summed E-state index contributed by atoms with van der Waals surface area (Å²) < 4.78 is 4.89. The quantitative estimate of drug-likeness (QED) is 0.627. The Labute approximate surface area is 102 Å². The molecule has 0 bridgehead atoms. The second kappa shape index (κ2) is 8.03. The van der Waals surface area contributed by atoms with Gasteiger partial charge in [-0.2, -0.15) is 0 Å². The van der Waals surface area contributed by atoms with E-state index in [9.17, 15) is 9.59 Å². The smallest absolute Gasteiger partial charge is 0.320 e. The van der Waals surface area contributed by atoms with Crippen LogP contribution in [0.4, 0.5) is 0 Å². The summed E-state index contributed by atoms with van der Waals surface area (Å²) in [5, 5.41) is 11.7. The van der Waals surface area contributed by atoms with Crippen LogP contribution in [-0.4, -0.2) is 61.3 Å². The Morgan fingerprint density at radius 2 is 2.06 bits per heavy atom. The number of methoxy groups -OCH3 is 1. The van der Waals surface area contributed by atoms with Gasteiger partial charge in [0, 0.05) is 13.2 Å². The minimum Gasteiger partial charge on any atom is -0.480 e. The molecule has 0 fully saturated rings. The third-order valence-electron chi connectivity index (χ3n) is 2.42. The summed E-state index contributed by atoms with van der Waals surface area (Å²) in [7, 11) is 3.19. The molecular weight excluding hydrogens is 224 g/mol. The normalized spacial score (nSPS) is 14.4. The van der Waals surface area contributed by atoms with E-state index in [2.05, 4.69) is 5.32 Å². The average molecular weight is 246 g/mol. The number of carboxylic acids is 1. The highest BCUT2D eigenvalue weighted by molar-refractivity contribution is 5.80. The van der Waals surface area contributed by atoms with Gasteiger partial charge >= 0.3 is 5.97 Å². The number of nitrogens with zero attached hydrogens (tertiary/aromatic N) is 1. The van der Waals surface area contributed by atoms with Crippen LogP contribution in [0.3, 0.4) is 0 Å². The second-order valence-electron chi connectivity index (χ2n) is 4.10. The first-order valence-corrected chi connectivity index (χ1v) is 5.63. The zero-order valence-corrected chi connectivity index (χ0v) is 10.9. The van der Waals surface area contributed by atoms with Gasteiger partial charge in [0.1, 0.15) is 6.04 Å². The molecule has 100 valence electrons. The predicted octanol–water partition coefficient (Wildman–Crippen LogP) is -0.0675. The highest BCUT2D eigenvalue weighted by atomic mass is 16.5. The average Bonchev–Trinajstić information content (AvgIpc) is 2.17. The summed E-state index contributed by atoms with van der Waals surface area (Å²) in [6.07, 6.45) is 0.465. The first-order chi connectivity index (χ1) is 7.92. The van der Waals surface area contributed by atoms with Crippen LogP contribution in [0.2, 0.25) is 0 Å². The molecule has 2 atom stereocenters. The van der Waals surface area contributed by atoms with Crippen molar-refractivity contribution in [3.63, 3.8) is 0 Å². The van der Waals surface area contributed by atoms with Gasteiger partial charge in [0.2, 0.25) is 5.91 Å². The summed E-state index contributed by atoms with van der Waals surface area (Å²) in [6, 6.07) is -0.704. The van der Waals surface area contributed by atoms with Crippen LogP contribution >= 0.6 is 0 Å². The highest BCUT2D eigenvalue weighted by Gasteiger charge is 2.22. The van der Waals surface area contributed by atoms with Crippen molar-refractivity contribution in [1.82, 2.24) is 10.2 Å². The van der Waals surface area contributed by atoms with Crippen LogP contribution in [0.1, 0.15) is 20.3 Å². The summed E-state index contributed by atoms with van der Waals surface area (Å²) in [6.45, 7) is 4.11. The van der Waals surface area contributed by atoms with Crippen molar-refractivity contribution in [2.24, 2.45) is 0 Å². The van der Waals surface area contributed by atoms with Crippen LogP contribution < -0.4 is 5.32 Å². The van der Waals surface area contributed by atoms with Gasteiger partial charge in [-0.25, -0.2) is 0 Å². The summed E-state index contributed by atoms with van der Waals surface area (Å²) in [4.78, 5) is 24.0. The van der Waals surface area contributed by atoms with Crippen molar-refractivity contribution in [2.75, 3.05) is 27.3 Å². The molecule has 0 radical (unpaired) electrons. The molecular formula is C11H22N2O4. The van der Waals surface area contributed by atoms with Crippen LogP contribution in [0.15, 0.2) is 0 Å². The van der Waals surface area contributed by atoms with Gasteiger partial charge in [0.25, 0.3) is 0 Å². The standard InChI is InChI=1S/C11H22N2O4/c1-5-9(11(15)16)13(3)6-10(14)12-8(2)7-17-4/h8-9H,5-7H2,1-4H3,(H,12,14)(H,15,16). The molecule has 0 spiro atoms. The monoisotopic (exact) mass is 246 g/mol. The van der Waals surface area contributed by atoms with E-state index in [0.717, 1.165) is 0 Å². The highest BCUT2D eigenvalue weighted by Crippen LogP contribution is 2.01. The lowest BCUT2D eigenvalue weighted by Gasteiger charge is -2.23. The Bertz CT molecular complexity index is 258. The fourth-order valence-electron chi connectivity index (χ4n) is 1.62. The van der Waals surface area contributed by atoms with Gasteiger partial charge in [-0.15, -0.1) is 0 Å². The molecule has 0 aliphatic heterocycles. The number of likely N-dealkylation sites (N-methyl/N-ethyl adjacent to an activating group) is 1. The largest absolute Gasteiger partial charge is 0.480 e. The first-order valence-electron chi connectivity index (χ1n) is 5.63. The molecule has 0 aromatic carbocycles. The van der Waals surface area contributed by atoms with Crippen molar-refractivity contribution >= 4 is 11.9 Å². The number of hydrogen-bond acceptors (Lipinski definition) is 4. The Kier molecular flexibility index (Phi) is 7.49. The van der Waals surface area contributed by atoms with Crippen LogP contribution in [0, 0.1) is 0 Å². The predicted molar refractivity (Wildman–Crippen MR) is 63.8 cm³/mol. The van der Waals surface area contributed by atoms with Crippen molar-refractivity contribution in [3.05, 3.63) is 0 Å². The zero-order chi connectivity index (χ0) is 13.4. The Morgan fingerprint density at radius 1 is 1.47 bits per heavy atom.